The Hall–Kier alpha value is -3.68. The summed E-state index contributed by atoms with van der Waals surface area (Å²) in [5, 5.41) is 4.08. The van der Waals surface area contributed by atoms with E-state index in [1.165, 1.54) is 6.26 Å². The molecule has 26 heavy (non-hydrogen) atoms. The van der Waals surface area contributed by atoms with Gasteiger partial charge in [-0.3, -0.25) is 0 Å². The highest BCUT2D eigenvalue weighted by Crippen LogP contribution is 2.25. The van der Waals surface area contributed by atoms with E-state index in [4.69, 9.17) is 19.4 Å². The van der Waals surface area contributed by atoms with Crippen LogP contribution in [0.1, 0.15) is 17.1 Å². The molecule has 2 N–H and O–H groups in total. The van der Waals surface area contributed by atoms with Gasteiger partial charge in [0.1, 0.15) is 12.1 Å². The minimum atomic E-state index is 0.235. The number of rotatable bonds is 6. The molecule has 0 fully saturated rings. The first-order valence-corrected chi connectivity index (χ1v) is 7.90. The van der Waals surface area contributed by atoms with E-state index >= 15 is 0 Å². The molecule has 0 aliphatic heterocycles. The zero-order chi connectivity index (χ0) is 17.8. The van der Waals surface area contributed by atoms with Crippen LogP contribution < -0.4 is 10.5 Å². The normalized spacial score (nSPS) is 10.8. The van der Waals surface area contributed by atoms with Gasteiger partial charge in [0, 0.05) is 30.9 Å². The molecule has 130 valence electrons. The van der Waals surface area contributed by atoms with Crippen LogP contribution in [0.4, 0.5) is 5.82 Å². The maximum Gasteiger partial charge on any atom is 0.232 e. The summed E-state index contributed by atoms with van der Waals surface area (Å²) in [6.45, 7) is 0.235. The van der Waals surface area contributed by atoms with Crippen molar-refractivity contribution >= 4 is 5.82 Å². The highest BCUT2D eigenvalue weighted by atomic mass is 16.5. The van der Waals surface area contributed by atoms with Gasteiger partial charge in [-0.1, -0.05) is 11.2 Å². The van der Waals surface area contributed by atoms with E-state index in [9.17, 15) is 0 Å². The van der Waals surface area contributed by atoms with Gasteiger partial charge >= 0.3 is 0 Å². The predicted octanol–water partition coefficient (Wildman–Crippen LogP) is 2.87. The van der Waals surface area contributed by atoms with Crippen molar-refractivity contribution in [3.05, 3.63) is 72.3 Å². The van der Waals surface area contributed by atoms with E-state index in [-0.39, 0.29) is 6.61 Å². The quantitative estimate of drug-likeness (QED) is 0.565. The molecule has 0 bridgehead atoms. The monoisotopic (exact) mass is 349 g/mol. The molecule has 0 aliphatic rings. The lowest BCUT2D eigenvalue weighted by Crippen LogP contribution is -1.98. The van der Waals surface area contributed by atoms with Gasteiger partial charge in [0.25, 0.3) is 0 Å². The third-order valence-corrected chi connectivity index (χ3v) is 3.67. The van der Waals surface area contributed by atoms with E-state index in [1.54, 1.807) is 30.7 Å². The van der Waals surface area contributed by atoms with Crippen LogP contribution in [-0.2, 0) is 13.0 Å². The Morgan fingerprint density at radius 2 is 2.04 bits per heavy atom. The van der Waals surface area contributed by atoms with Gasteiger partial charge in [-0.05, 0) is 17.7 Å². The molecule has 0 unspecified atom stereocenters. The second-order valence-corrected chi connectivity index (χ2v) is 5.51. The van der Waals surface area contributed by atoms with Crippen LogP contribution in [0.3, 0.4) is 0 Å². The fourth-order valence-corrected chi connectivity index (χ4v) is 2.42. The number of oxazole rings is 1. The Kier molecular flexibility index (Phi) is 4.29. The molecule has 0 spiro atoms. The average molecular weight is 349 g/mol. The Bertz CT molecular complexity index is 980. The first kappa shape index (κ1) is 15.8. The lowest BCUT2D eigenvalue weighted by atomic mass is 10.1. The second kappa shape index (κ2) is 7.06. The van der Waals surface area contributed by atoms with Gasteiger partial charge in [0.15, 0.2) is 12.4 Å². The molecular formula is C18H15N5O3. The maximum atomic E-state index is 5.86. The van der Waals surface area contributed by atoms with Gasteiger partial charge in [-0.15, -0.1) is 0 Å². The van der Waals surface area contributed by atoms with Crippen molar-refractivity contribution < 1.29 is 13.7 Å². The fraction of sp³-hybridized carbons (Fsp3) is 0.111. The molecule has 0 amide bonds. The van der Waals surface area contributed by atoms with Crippen molar-refractivity contribution in [2.24, 2.45) is 0 Å². The summed E-state index contributed by atoms with van der Waals surface area (Å²) in [6, 6.07) is 9.20. The lowest BCUT2D eigenvalue weighted by molar-refractivity contribution is 0.253. The van der Waals surface area contributed by atoms with Crippen LogP contribution in [0.15, 0.2) is 64.1 Å². The number of nitrogens with two attached hydrogens (primary N) is 1. The van der Waals surface area contributed by atoms with Gasteiger partial charge in [0.05, 0.1) is 17.5 Å². The number of nitrogen functional groups attached to an aromatic ring is 1. The molecule has 0 aliphatic carbocycles. The number of pyridine rings is 2. The zero-order valence-electron chi connectivity index (χ0n) is 13.7. The van der Waals surface area contributed by atoms with E-state index in [1.807, 2.05) is 18.2 Å². The van der Waals surface area contributed by atoms with Crippen molar-refractivity contribution in [2.45, 2.75) is 13.0 Å². The minimum absolute atomic E-state index is 0.235. The van der Waals surface area contributed by atoms with Crippen molar-refractivity contribution in [3.8, 4) is 17.2 Å². The summed E-state index contributed by atoms with van der Waals surface area (Å²) >= 11 is 0. The lowest BCUT2D eigenvalue weighted by Gasteiger charge is -2.03. The summed E-state index contributed by atoms with van der Waals surface area (Å²) in [6.07, 6.45) is 7.02. The molecule has 0 saturated carbocycles. The largest absolute Gasteiger partial charge is 0.468 e. The number of hydrogen-bond acceptors (Lipinski definition) is 8. The van der Waals surface area contributed by atoms with E-state index in [2.05, 4.69) is 20.1 Å². The summed E-state index contributed by atoms with van der Waals surface area (Å²) in [4.78, 5) is 12.3. The Morgan fingerprint density at radius 1 is 1.08 bits per heavy atom. The smallest absolute Gasteiger partial charge is 0.232 e. The molecule has 0 atom stereocenters. The average Bonchev–Trinajstić information content (AvgIpc) is 3.34. The molecule has 0 saturated heterocycles. The highest BCUT2D eigenvalue weighted by molar-refractivity contribution is 5.69. The van der Waals surface area contributed by atoms with Crippen molar-refractivity contribution in [3.63, 3.8) is 0 Å². The van der Waals surface area contributed by atoms with E-state index in [0.29, 0.717) is 29.8 Å². The fourth-order valence-electron chi connectivity index (χ4n) is 2.42. The van der Waals surface area contributed by atoms with E-state index < -0.39 is 0 Å². The number of ether oxygens (including phenoxy) is 1. The third kappa shape index (κ3) is 3.54. The van der Waals surface area contributed by atoms with Crippen LogP contribution in [0.5, 0.6) is 5.88 Å². The molecule has 4 rings (SSSR count). The Morgan fingerprint density at radius 3 is 2.81 bits per heavy atom. The molecule has 4 aromatic rings. The first-order valence-electron chi connectivity index (χ1n) is 7.90. The Labute approximate surface area is 148 Å². The minimum Gasteiger partial charge on any atom is -0.468 e. The summed E-state index contributed by atoms with van der Waals surface area (Å²) in [7, 11) is 0. The molecule has 8 heteroatoms. The molecule has 0 aromatic carbocycles. The second-order valence-electron chi connectivity index (χ2n) is 5.51. The SMILES string of the molecule is Nc1ncccc1-c1cc(Cc2ccc(OCc3ncco3)nc2)no1. The molecule has 4 heterocycles. The van der Waals surface area contributed by atoms with Gasteiger partial charge in [-0.25, -0.2) is 15.0 Å². The number of hydrogen-bond donors (Lipinski definition) is 1. The number of nitrogens with zero attached hydrogens (tertiary/aromatic N) is 4. The van der Waals surface area contributed by atoms with Gasteiger partial charge < -0.3 is 19.4 Å². The first-order chi connectivity index (χ1) is 12.8. The van der Waals surface area contributed by atoms with Crippen LogP contribution in [0.2, 0.25) is 0 Å². The summed E-state index contributed by atoms with van der Waals surface area (Å²) < 4.78 is 16.0. The van der Waals surface area contributed by atoms with Gasteiger partial charge in [0.2, 0.25) is 11.8 Å². The standard InChI is InChI=1S/C18H15N5O3/c19-18-14(2-1-5-21-18)15-9-13(23-26-15)8-12-3-4-16(22-10-12)25-11-17-20-6-7-24-17/h1-7,9-10H,8,11H2,(H2,19,21). The van der Waals surface area contributed by atoms with Crippen LogP contribution in [-0.4, -0.2) is 20.1 Å². The predicted molar refractivity (Wildman–Crippen MR) is 92.0 cm³/mol. The summed E-state index contributed by atoms with van der Waals surface area (Å²) in [5.74, 6) is 1.99. The topological polar surface area (TPSA) is 113 Å². The molecule has 0 radical (unpaired) electrons. The van der Waals surface area contributed by atoms with Crippen LogP contribution >= 0.6 is 0 Å². The Balaban J connectivity index is 1.41. The highest BCUT2D eigenvalue weighted by Gasteiger charge is 2.11. The van der Waals surface area contributed by atoms with Crippen molar-refractivity contribution in [1.29, 1.82) is 0 Å². The third-order valence-electron chi connectivity index (χ3n) is 3.67. The summed E-state index contributed by atoms with van der Waals surface area (Å²) in [5.41, 5.74) is 8.34. The molecular weight excluding hydrogens is 334 g/mol. The van der Waals surface area contributed by atoms with Crippen LogP contribution in [0, 0.1) is 0 Å². The van der Waals surface area contributed by atoms with E-state index in [0.717, 1.165) is 16.8 Å². The molecule has 8 nitrogen and oxygen atoms in total. The zero-order valence-corrected chi connectivity index (χ0v) is 13.7. The van der Waals surface area contributed by atoms with Gasteiger partial charge in [-0.2, -0.15) is 0 Å². The molecule has 4 aromatic heterocycles. The van der Waals surface area contributed by atoms with Crippen molar-refractivity contribution in [2.75, 3.05) is 5.73 Å². The van der Waals surface area contributed by atoms with Crippen molar-refractivity contribution in [1.82, 2.24) is 20.1 Å². The number of aromatic nitrogens is 4. The maximum absolute atomic E-state index is 5.86. The van der Waals surface area contributed by atoms with Crippen LogP contribution in [0.25, 0.3) is 11.3 Å². The number of anilines is 1.